The molecule has 0 radical (unpaired) electrons. The number of nitrogens with zero attached hydrogens (tertiary/aromatic N) is 3. The number of oxime groups is 1. The van der Waals surface area contributed by atoms with Crippen LogP contribution in [0.1, 0.15) is 26.5 Å². The average molecular weight is 602 g/mol. The van der Waals surface area contributed by atoms with E-state index in [1.54, 1.807) is 20.8 Å². The van der Waals surface area contributed by atoms with Crippen molar-refractivity contribution in [2.75, 3.05) is 37.4 Å². The Morgan fingerprint density at radius 3 is 2.74 bits per heavy atom. The van der Waals surface area contributed by atoms with Gasteiger partial charge < -0.3 is 35.2 Å². The Kier molecular flexibility index (Phi) is 9.05. The summed E-state index contributed by atoms with van der Waals surface area (Å²) in [5.74, 6) is -1.97. The van der Waals surface area contributed by atoms with Crippen LogP contribution < -0.4 is 11.1 Å². The molecule has 39 heavy (non-hydrogen) atoms. The largest absolute Gasteiger partial charge is 0.427 e. The number of carbonyl (C=O) groups excluding carboxylic acids is 4. The van der Waals surface area contributed by atoms with E-state index in [4.69, 9.17) is 24.7 Å². The summed E-state index contributed by atoms with van der Waals surface area (Å²) >= 11 is 3.73. The van der Waals surface area contributed by atoms with Crippen molar-refractivity contribution in [1.82, 2.24) is 15.2 Å². The van der Waals surface area contributed by atoms with Crippen LogP contribution in [0.4, 0.5) is 5.13 Å². The number of anilines is 1. The van der Waals surface area contributed by atoms with Gasteiger partial charge in [0, 0.05) is 21.8 Å². The van der Waals surface area contributed by atoms with Crippen LogP contribution in [0.25, 0.3) is 0 Å². The molecule has 2 unspecified atom stereocenters. The van der Waals surface area contributed by atoms with Crippen LogP contribution in [-0.2, 0) is 38.1 Å². The first-order chi connectivity index (χ1) is 18.5. The number of hydrogen-bond acceptors (Lipinski definition) is 15. The van der Waals surface area contributed by atoms with Gasteiger partial charge >= 0.3 is 11.9 Å². The number of β-lactam (4-membered cyclic amide) rings is 1. The number of thiazole rings is 1. The Balaban J connectivity index is 1.47. The SMILES string of the molecule is CC(C)(C)C(=O)OCOC(=O)C1=C(SCC2COCO2)CS[C@H]2C(NC(=O)/C(=N\O)c3csc(N)n3)C(=O)N12. The number of ether oxygens (including phenoxy) is 4. The van der Waals surface area contributed by atoms with E-state index >= 15 is 0 Å². The molecule has 3 aliphatic rings. The van der Waals surface area contributed by atoms with E-state index in [1.165, 1.54) is 33.8 Å². The van der Waals surface area contributed by atoms with E-state index < -0.39 is 53.1 Å². The molecule has 2 saturated heterocycles. The average Bonchev–Trinajstić information content (AvgIpc) is 3.57. The number of aromatic nitrogens is 1. The third-order valence-corrected chi connectivity index (χ3v) is 8.98. The summed E-state index contributed by atoms with van der Waals surface area (Å²) in [5, 5.41) is 15.9. The minimum absolute atomic E-state index is 0.00768. The van der Waals surface area contributed by atoms with Crippen molar-refractivity contribution in [2.45, 2.75) is 38.3 Å². The van der Waals surface area contributed by atoms with Gasteiger partial charge in [-0.05, 0) is 20.8 Å². The number of amides is 2. The van der Waals surface area contributed by atoms with Gasteiger partial charge in [-0.3, -0.25) is 19.3 Å². The Labute approximate surface area is 235 Å². The van der Waals surface area contributed by atoms with Gasteiger partial charge in [0.05, 0.1) is 18.1 Å². The molecule has 1 aromatic rings. The van der Waals surface area contributed by atoms with Crippen LogP contribution in [0.2, 0.25) is 0 Å². The molecular weight excluding hydrogens is 574 g/mol. The summed E-state index contributed by atoms with van der Waals surface area (Å²) in [6.07, 6.45) is -0.176. The molecule has 1 aromatic heterocycles. The Hall–Kier alpha value is -2.86. The van der Waals surface area contributed by atoms with E-state index in [-0.39, 0.29) is 29.4 Å². The van der Waals surface area contributed by atoms with Crippen molar-refractivity contribution in [3.63, 3.8) is 0 Å². The lowest BCUT2D eigenvalue weighted by molar-refractivity contribution is -0.173. The van der Waals surface area contributed by atoms with Gasteiger partial charge in [0.1, 0.15) is 29.6 Å². The monoisotopic (exact) mass is 601 g/mol. The number of thioether (sulfide) groups is 2. The molecule has 17 heteroatoms. The standard InChI is InChI=1S/C22H27N5O9S3/c1-22(2,3)20(31)36-9-35-19(30)15-12(37-5-10-4-33-8-34-10)7-38-18-14(17(29)27(15)18)25-16(28)13(26-32)11-6-39-21(23)24-11/h6,10,14,18,32H,4-5,7-9H2,1-3H3,(H2,23,24)(H,25,28)/b26-13-/t10?,14?,18-/m0/s1. The van der Waals surface area contributed by atoms with Crippen molar-refractivity contribution < 1.29 is 43.3 Å². The quantitative estimate of drug-likeness (QED) is 0.0896. The van der Waals surface area contributed by atoms with Crippen molar-refractivity contribution in [3.8, 4) is 0 Å². The first-order valence-corrected chi connectivity index (χ1v) is 14.5. The van der Waals surface area contributed by atoms with Gasteiger partial charge in [-0.2, -0.15) is 0 Å². The lowest BCUT2D eigenvalue weighted by Gasteiger charge is -2.49. The second-order valence-corrected chi connectivity index (χ2v) is 12.6. The number of fused-ring (bicyclic) bond motifs is 1. The van der Waals surface area contributed by atoms with Crippen molar-refractivity contribution in [3.05, 3.63) is 21.7 Å². The zero-order valence-electron chi connectivity index (χ0n) is 21.2. The zero-order chi connectivity index (χ0) is 28.3. The van der Waals surface area contributed by atoms with Gasteiger partial charge in [0.25, 0.3) is 11.8 Å². The van der Waals surface area contributed by atoms with E-state index in [2.05, 4.69) is 15.5 Å². The fraction of sp³-hybridized carbons (Fsp3) is 0.545. The molecule has 14 nitrogen and oxygen atoms in total. The van der Waals surface area contributed by atoms with Gasteiger partial charge in [0.15, 0.2) is 10.8 Å². The van der Waals surface area contributed by atoms with Crippen LogP contribution in [0.15, 0.2) is 21.1 Å². The molecule has 4 heterocycles. The van der Waals surface area contributed by atoms with Gasteiger partial charge in [-0.1, -0.05) is 5.16 Å². The molecule has 0 bridgehead atoms. The minimum Gasteiger partial charge on any atom is -0.427 e. The number of esters is 2. The Morgan fingerprint density at radius 1 is 1.36 bits per heavy atom. The normalized spacial score (nSPS) is 23.3. The van der Waals surface area contributed by atoms with E-state index in [9.17, 15) is 24.4 Å². The van der Waals surface area contributed by atoms with Crippen molar-refractivity contribution in [2.24, 2.45) is 10.6 Å². The lowest BCUT2D eigenvalue weighted by atomic mass is 9.98. The summed E-state index contributed by atoms with van der Waals surface area (Å²) in [5.41, 5.74) is 4.47. The fourth-order valence-electron chi connectivity index (χ4n) is 3.59. The molecule has 4 rings (SSSR count). The van der Waals surface area contributed by atoms with Crippen LogP contribution in [0.3, 0.4) is 0 Å². The molecular formula is C22H27N5O9S3. The predicted octanol–water partition coefficient (Wildman–Crippen LogP) is 0.711. The summed E-state index contributed by atoms with van der Waals surface area (Å²) in [7, 11) is 0. The molecule has 2 fully saturated rings. The minimum atomic E-state index is -1.00. The molecule has 2 amide bonds. The molecule has 4 N–H and O–H groups in total. The van der Waals surface area contributed by atoms with Crippen LogP contribution in [0.5, 0.6) is 0 Å². The first kappa shape index (κ1) is 29.1. The van der Waals surface area contributed by atoms with Gasteiger partial charge in [0.2, 0.25) is 6.79 Å². The molecule has 3 aliphatic heterocycles. The third kappa shape index (κ3) is 6.49. The van der Waals surface area contributed by atoms with Gasteiger partial charge in [-0.15, -0.1) is 34.9 Å². The number of nitrogen functional groups attached to an aromatic ring is 1. The summed E-state index contributed by atoms with van der Waals surface area (Å²) in [6.45, 7) is 4.96. The van der Waals surface area contributed by atoms with Crippen LogP contribution >= 0.6 is 34.9 Å². The molecule has 0 saturated carbocycles. The predicted molar refractivity (Wildman–Crippen MR) is 142 cm³/mol. The van der Waals surface area contributed by atoms with E-state index in [1.807, 2.05) is 0 Å². The maximum absolute atomic E-state index is 13.2. The summed E-state index contributed by atoms with van der Waals surface area (Å²) < 4.78 is 20.9. The smallest absolute Gasteiger partial charge is 0.358 e. The third-order valence-electron chi connectivity index (χ3n) is 5.62. The number of nitrogens with two attached hydrogens (primary N) is 1. The maximum atomic E-state index is 13.2. The Bertz CT molecular complexity index is 1210. The van der Waals surface area contributed by atoms with Gasteiger partial charge in [-0.25, -0.2) is 9.78 Å². The summed E-state index contributed by atoms with van der Waals surface area (Å²) in [4.78, 5) is 56.9. The lowest BCUT2D eigenvalue weighted by Crippen LogP contribution is -2.71. The molecule has 0 aliphatic carbocycles. The highest BCUT2D eigenvalue weighted by molar-refractivity contribution is 8.06. The molecule has 3 atom stereocenters. The van der Waals surface area contributed by atoms with Crippen molar-refractivity contribution >= 4 is 69.5 Å². The summed E-state index contributed by atoms with van der Waals surface area (Å²) in [6, 6.07) is -1.00. The number of rotatable bonds is 9. The highest BCUT2D eigenvalue weighted by Crippen LogP contribution is 2.44. The molecule has 212 valence electrons. The zero-order valence-corrected chi connectivity index (χ0v) is 23.7. The second kappa shape index (κ2) is 12.1. The maximum Gasteiger partial charge on any atom is 0.358 e. The molecule has 0 aromatic carbocycles. The highest BCUT2D eigenvalue weighted by atomic mass is 32.2. The highest BCUT2D eigenvalue weighted by Gasteiger charge is 2.55. The first-order valence-electron chi connectivity index (χ1n) is 11.6. The number of carbonyl (C=O) groups is 4. The fourth-order valence-corrected chi connectivity index (χ4v) is 6.77. The van der Waals surface area contributed by atoms with Crippen molar-refractivity contribution in [1.29, 1.82) is 0 Å². The number of hydrogen-bond donors (Lipinski definition) is 3. The van der Waals surface area contributed by atoms with Crippen LogP contribution in [-0.4, -0.2) is 93.8 Å². The van der Waals surface area contributed by atoms with Crippen LogP contribution in [0, 0.1) is 5.41 Å². The molecule has 0 spiro atoms. The van der Waals surface area contributed by atoms with E-state index in [0.29, 0.717) is 23.0 Å². The Morgan fingerprint density at radius 2 is 2.13 bits per heavy atom. The van der Waals surface area contributed by atoms with E-state index in [0.717, 1.165) is 11.3 Å². The number of nitrogens with one attached hydrogen (secondary N) is 1. The second-order valence-electron chi connectivity index (χ2n) is 9.47. The topological polar surface area (TPSA) is 192 Å².